The normalized spacial score (nSPS) is 10.9. The third-order valence-electron chi connectivity index (χ3n) is 2.72. The van der Waals surface area contributed by atoms with Crippen LogP contribution in [0.1, 0.15) is 5.56 Å². The largest absolute Gasteiger partial charge is 0.321 e. The number of carbonyl (C=O) groups excluding carboxylic acids is 1. The SMILES string of the molecule is N#C/C(=C\c1ccc(Cl)c(Cl)c1)C(=O)Nc1ccc(F)cc1. The van der Waals surface area contributed by atoms with Gasteiger partial charge in [0.1, 0.15) is 17.5 Å². The molecule has 0 heterocycles. The van der Waals surface area contributed by atoms with Crippen LogP contribution in [0.5, 0.6) is 0 Å². The fraction of sp³-hybridized carbons (Fsp3) is 0. The zero-order chi connectivity index (χ0) is 16.1. The molecule has 0 spiro atoms. The van der Waals surface area contributed by atoms with Crippen molar-refractivity contribution in [1.29, 1.82) is 5.26 Å². The second-order valence-electron chi connectivity index (χ2n) is 4.30. The highest BCUT2D eigenvalue weighted by atomic mass is 35.5. The molecule has 0 radical (unpaired) electrons. The number of carbonyl (C=O) groups is 1. The van der Waals surface area contributed by atoms with E-state index in [4.69, 9.17) is 28.5 Å². The lowest BCUT2D eigenvalue weighted by Crippen LogP contribution is -2.13. The monoisotopic (exact) mass is 334 g/mol. The van der Waals surface area contributed by atoms with Crippen molar-refractivity contribution in [3.8, 4) is 6.07 Å². The molecule has 0 aliphatic carbocycles. The van der Waals surface area contributed by atoms with Crippen LogP contribution in [0.15, 0.2) is 48.0 Å². The molecule has 2 aromatic carbocycles. The van der Waals surface area contributed by atoms with Crippen LogP contribution >= 0.6 is 23.2 Å². The van der Waals surface area contributed by atoms with Crippen molar-refractivity contribution in [2.75, 3.05) is 5.32 Å². The summed E-state index contributed by atoms with van der Waals surface area (Å²) in [6.07, 6.45) is 1.39. The van der Waals surface area contributed by atoms with Crippen LogP contribution in [0, 0.1) is 17.1 Å². The number of nitrogens with one attached hydrogen (secondary N) is 1. The predicted octanol–water partition coefficient (Wildman–Crippen LogP) is 4.68. The van der Waals surface area contributed by atoms with Gasteiger partial charge in [0, 0.05) is 5.69 Å². The molecule has 22 heavy (non-hydrogen) atoms. The maximum absolute atomic E-state index is 12.8. The van der Waals surface area contributed by atoms with Gasteiger partial charge in [-0.3, -0.25) is 4.79 Å². The number of halogens is 3. The Kier molecular flexibility index (Phi) is 5.16. The van der Waals surface area contributed by atoms with E-state index in [0.717, 1.165) is 0 Å². The summed E-state index contributed by atoms with van der Waals surface area (Å²) in [5, 5.41) is 12.3. The number of hydrogen-bond acceptors (Lipinski definition) is 2. The smallest absolute Gasteiger partial charge is 0.266 e. The van der Waals surface area contributed by atoms with Crippen LogP contribution in [0.4, 0.5) is 10.1 Å². The van der Waals surface area contributed by atoms with Crippen molar-refractivity contribution in [1.82, 2.24) is 0 Å². The van der Waals surface area contributed by atoms with Gasteiger partial charge >= 0.3 is 0 Å². The zero-order valence-electron chi connectivity index (χ0n) is 11.1. The Balaban J connectivity index is 2.21. The first kappa shape index (κ1) is 16.0. The van der Waals surface area contributed by atoms with E-state index < -0.39 is 11.7 Å². The summed E-state index contributed by atoms with van der Waals surface area (Å²) < 4.78 is 12.8. The van der Waals surface area contributed by atoms with Gasteiger partial charge in [0.2, 0.25) is 0 Å². The van der Waals surface area contributed by atoms with Crippen molar-refractivity contribution in [2.45, 2.75) is 0 Å². The van der Waals surface area contributed by atoms with Crippen molar-refractivity contribution < 1.29 is 9.18 Å². The number of rotatable bonds is 3. The molecular formula is C16H9Cl2FN2O. The molecule has 0 atom stereocenters. The fourth-order valence-electron chi connectivity index (χ4n) is 1.65. The summed E-state index contributed by atoms with van der Waals surface area (Å²) in [6.45, 7) is 0. The van der Waals surface area contributed by atoms with E-state index >= 15 is 0 Å². The topological polar surface area (TPSA) is 52.9 Å². The maximum Gasteiger partial charge on any atom is 0.266 e. The van der Waals surface area contributed by atoms with Gasteiger partial charge in [-0.15, -0.1) is 0 Å². The summed E-state index contributed by atoms with van der Waals surface area (Å²) in [4.78, 5) is 12.0. The summed E-state index contributed by atoms with van der Waals surface area (Å²) in [7, 11) is 0. The first-order valence-electron chi connectivity index (χ1n) is 6.13. The third kappa shape index (κ3) is 4.08. The minimum atomic E-state index is -0.597. The van der Waals surface area contributed by atoms with E-state index in [9.17, 15) is 9.18 Å². The Morgan fingerprint density at radius 3 is 2.41 bits per heavy atom. The van der Waals surface area contributed by atoms with Crippen molar-refractivity contribution in [3.05, 3.63) is 69.5 Å². The summed E-state index contributed by atoms with van der Waals surface area (Å²) in [5.74, 6) is -1.01. The summed E-state index contributed by atoms with van der Waals surface area (Å²) >= 11 is 11.7. The zero-order valence-corrected chi connectivity index (χ0v) is 12.6. The highest BCUT2D eigenvalue weighted by molar-refractivity contribution is 6.42. The van der Waals surface area contributed by atoms with Crippen LogP contribution in [0.25, 0.3) is 6.08 Å². The third-order valence-corrected chi connectivity index (χ3v) is 3.46. The molecule has 1 amide bonds. The molecule has 6 heteroatoms. The molecule has 0 bridgehead atoms. The minimum Gasteiger partial charge on any atom is -0.321 e. The summed E-state index contributed by atoms with van der Waals surface area (Å²) in [5.41, 5.74) is 0.851. The van der Waals surface area contributed by atoms with Gasteiger partial charge in [-0.1, -0.05) is 29.3 Å². The van der Waals surface area contributed by atoms with Crippen LogP contribution in [-0.2, 0) is 4.79 Å². The Bertz CT molecular complexity index is 780. The van der Waals surface area contributed by atoms with E-state index in [-0.39, 0.29) is 5.57 Å². The van der Waals surface area contributed by atoms with Crippen LogP contribution < -0.4 is 5.32 Å². The van der Waals surface area contributed by atoms with Crippen molar-refractivity contribution in [3.63, 3.8) is 0 Å². The standard InChI is InChI=1S/C16H9Cl2FN2O/c17-14-6-1-10(8-15(14)18)7-11(9-20)16(22)21-13-4-2-12(19)3-5-13/h1-8H,(H,21,22)/b11-7+. The van der Waals surface area contributed by atoms with E-state index in [1.807, 2.05) is 6.07 Å². The second-order valence-corrected chi connectivity index (χ2v) is 5.12. The number of benzene rings is 2. The lowest BCUT2D eigenvalue weighted by molar-refractivity contribution is -0.112. The molecule has 0 aromatic heterocycles. The fourth-order valence-corrected chi connectivity index (χ4v) is 1.96. The highest BCUT2D eigenvalue weighted by Crippen LogP contribution is 2.23. The Labute approximate surface area is 136 Å². The van der Waals surface area contributed by atoms with Gasteiger partial charge in [0.05, 0.1) is 10.0 Å². The van der Waals surface area contributed by atoms with Gasteiger partial charge in [0.25, 0.3) is 5.91 Å². The van der Waals surface area contributed by atoms with Crippen LogP contribution in [0.3, 0.4) is 0 Å². The molecule has 2 aromatic rings. The number of nitrogens with zero attached hydrogens (tertiary/aromatic N) is 1. The summed E-state index contributed by atoms with van der Waals surface area (Å²) in [6, 6.07) is 11.8. The predicted molar refractivity (Wildman–Crippen MR) is 85.1 cm³/mol. The molecule has 0 aliphatic rings. The Morgan fingerprint density at radius 1 is 1.14 bits per heavy atom. The molecule has 110 valence electrons. The van der Waals surface area contributed by atoms with E-state index in [1.54, 1.807) is 18.2 Å². The average Bonchev–Trinajstić information content (AvgIpc) is 2.50. The Hall–Kier alpha value is -2.35. The number of hydrogen-bond donors (Lipinski definition) is 1. The Morgan fingerprint density at radius 2 is 1.82 bits per heavy atom. The maximum atomic E-state index is 12.8. The van der Waals surface area contributed by atoms with E-state index in [0.29, 0.717) is 21.3 Å². The second kappa shape index (κ2) is 7.08. The molecule has 0 unspecified atom stereocenters. The lowest BCUT2D eigenvalue weighted by atomic mass is 10.1. The van der Waals surface area contributed by atoms with Gasteiger partial charge in [0.15, 0.2) is 0 Å². The first-order chi connectivity index (χ1) is 10.5. The lowest BCUT2D eigenvalue weighted by Gasteiger charge is -2.04. The van der Waals surface area contributed by atoms with Gasteiger partial charge in [-0.05, 0) is 48.0 Å². The molecular weight excluding hydrogens is 326 g/mol. The quantitative estimate of drug-likeness (QED) is 0.654. The molecule has 1 N–H and O–H groups in total. The molecule has 0 saturated heterocycles. The number of nitriles is 1. The van der Waals surface area contributed by atoms with Crippen molar-refractivity contribution >= 4 is 40.9 Å². The number of amides is 1. The van der Waals surface area contributed by atoms with Crippen molar-refractivity contribution in [2.24, 2.45) is 0 Å². The molecule has 0 saturated carbocycles. The molecule has 0 aliphatic heterocycles. The van der Waals surface area contributed by atoms with Gasteiger partial charge in [-0.2, -0.15) is 5.26 Å². The highest BCUT2D eigenvalue weighted by Gasteiger charge is 2.10. The average molecular weight is 335 g/mol. The molecule has 2 rings (SSSR count). The first-order valence-corrected chi connectivity index (χ1v) is 6.89. The van der Waals surface area contributed by atoms with Crippen LogP contribution in [0.2, 0.25) is 10.0 Å². The minimum absolute atomic E-state index is 0.109. The van der Waals surface area contributed by atoms with E-state index in [2.05, 4.69) is 5.32 Å². The molecule has 3 nitrogen and oxygen atoms in total. The van der Waals surface area contributed by atoms with Gasteiger partial charge in [-0.25, -0.2) is 4.39 Å². The molecule has 0 fully saturated rings. The van der Waals surface area contributed by atoms with E-state index in [1.165, 1.54) is 30.3 Å². The van der Waals surface area contributed by atoms with Crippen LogP contribution in [-0.4, -0.2) is 5.91 Å². The van der Waals surface area contributed by atoms with Gasteiger partial charge < -0.3 is 5.32 Å². The number of anilines is 1.